The van der Waals surface area contributed by atoms with Gasteiger partial charge in [-0.25, -0.2) is 4.79 Å². The summed E-state index contributed by atoms with van der Waals surface area (Å²) in [4.78, 5) is 25.6. The van der Waals surface area contributed by atoms with Crippen LogP contribution in [0.3, 0.4) is 0 Å². The van der Waals surface area contributed by atoms with Gasteiger partial charge in [0.1, 0.15) is 11.7 Å². The van der Waals surface area contributed by atoms with Crippen LogP contribution < -0.4 is 0 Å². The molecule has 10 atom stereocenters. The first-order valence-electron chi connectivity index (χ1n) is 12.7. The molecule has 2 aliphatic heterocycles. The molecule has 5 heteroatoms. The fraction of sp³-hybridized carbons (Fsp3) is 0.714. The topological polar surface area (TPSA) is 72.8 Å². The Morgan fingerprint density at radius 3 is 2.55 bits per heavy atom. The zero-order valence-electron chi connectivity index (χ0n) is 20.0. The van der Waals surface area contributed by atoms with E-state index in [0.717, 1.165) is 37.7 Å². The Hall–Kier alpha value is -1.72. The summed E-state index contributed by atoms with van der Waals surface area (Å²) in [6.07, 6.45) is 10.5. The average Bonchev–Trinajstić information content (AvgIpc) is 3.11. The molecule has 2 bridgehead atoms. The summed E-state index contributed by atoms with van der Waals surface area (Å²) >= 11 is 0. The molecule has 2 saturated heterocycles. The van der Waals surface area contributed by atoms with Crippen LogP contribution in [0, 0.1) is 40.4 Å². The van der Waals surface area contributed by atoms with Gasteiger partial charge in [0.25, 0.3) is 0 Å². The van der Waals surface area contributed by atoms with Crippen molar-refractivity contribution in [2.75, 3.05) is 6.61 Å². The number of carbonyl (C=O) groups excluding carboxylic acids is 2. The van der Waals surface area contributed by atoms with E-state index in [0.29, 0.717) is 36.4 Å². The highest BCUT2D eigenvalue weighted by Gasteiger charge is 2.64. The monoisotopic (exact) mass is 452 g/mol. The van der Waals surface area contributed by atoms with E-state index in [9.17, 15) is 14.7 Å². The number of esters is 1. The summed E-state index contributed by atoms with van der Waals surface area (Å²) in [6, 6.07) is 0. The first kappa shape index (κ1) is 21.8. The molecule has 6 rings (SSSR count). The molecule has 5 nitrogen and oxygen atoms in total. The Morgan fingerprint density at radius 1 is 1.06 bits per heavy atom. The van der Waals surface area contributed by atoms with E-state index in [4.69, 9.17) is 9.47 Å². The highest BCUT2D eigenvalue weighted by atomic mass is 16.6. The van der Waals surface area contributed by atoms with Gasteiger partial charge in [-0.2, -0.15) is 0 Å². The first-order valence-corrected chi connectivity index (χ1v) is 12.7. The lowest BCUT2D eigenvalue weighted by Crippen LogP contribution is -2.58. The zero-order valence-corrected chi connectivity index (χ0v) is 20.0. The van der Waals surface area contributed by atoms with Crippen molar-refractivity contribution in [3.63, 3.8) is 0 Å². The molecule has 2 heterocycles. The van der Waals surface area contributed by atoms with Crippen LogP contribution in [-0.4, -0.2) is 41.3 Å². The minimum Gasteiger partial charge on any atom is -0.458 e. The van der Waals surface area contributed by atoms with E-state index in [2.05, 4.69) is 20.4 Å². The molecule has 0 aromatic rings. The molecule has 0 spiro atoms. The molecular formula is C28H36O5. The first-order chi connectivity index (χ1) is 15.6. The summed E-state index contributed by atoms with van der Waals surface area (Å²) in [6.45, 7) is 11.0. The number of hydrogen-bond donors (Lipinski definition) is 1. The Balaban J connectivity index is 1.30. The minimum atomic E-state index is -0.604. The van der Waals surface area contributed by atoms with Crippen LogP contribution in [0.2, 0.25) is 0 Å². The van der Waals surface area contributed by atoms with Crippen molar-refractivity contribution in [3.8, 4) is 0 Å². The van der Waals surface area contributed by atoms with Crippen molar-refractivity contribution < 1.29 is 24.2 Å². The molecule has 5 fully saturated rings. The van der Waals surface area contributed by atoms with E-state index < -0.39 is 17.1 Å². The molecule has 4 aliphatic carbocycles. The number of carbonyl (C=O) groups is 2. The minimum absolute atomic E-state index is 0.106. The normalized spacial score (nSPS) is 53.0. The van der Waals surface area contributed by atoms with Crippen molar-refractivity contribution in [2.45, 2.75) is 77.1 Å². The highest BCUT2D eigenvalue weighted by Crippen LogP contribution is 2.67. The quantitative estimate of drug-likeness (QED) is 0.478. The van der Waals surface area contributed by atoms with Gasteiger partial charge in [0, 0.05) is 12.3 Å². The SMILES string of the molecule is C=C1C(=O)OC2CC1(C)OCC2C1CCC2C3CC(O)C4=CC=CC(=O)C4(C)C3CCC12C. The van der Waals surface area contributed by atoms with Crippen molar-refractivity contribution in [3.05, 3.63) is 36.0 Å². The van der Waals surface area contributed by atoms with E-state index in [1.807, 2.05) is 13.0 Å². The molecule has 3 saturated carbocycles. The van der Waals surface area contributed by atoms with Gasteiger partial charge < -0.3 is 14.6 Å². The van der Waals surface area contributed by atoms with Crippen molar-refractivity contribution >= 4 is 11.8 Å². The molecule has 178 valence electrons. The third kappa shape index (κ3) is 2.72. The van der Waals surface area contributed by atoms with Gasteiger partial charge in [0.2, 0.25) is 0 Å². The standard InChI is InChI=1S/C28H36O5/c1-15-25(31)33-23-13-27(15,3)32-14-17(23)19-9-8-18-16-12-22(29)21-6-5-7-24(30)28(21,4)20(16)10-11-26(18,19)2/h5-7,16-20,22-23,29H,1,8-14H2,2-4H3. The van der Waals surface area contributed by atoms with Gasteiger partial charge >= 0.3 is 5.97 Å². The smallest absolute Gasteiger partial charge is 0.336 e. The molecule has 6 aliphatic rings. The van der Waals surface area contributed by atoms with E-state index in [1.165, 1.54) is 0 Å². The molecule has 33 heavy (non-hydrogen) atoms. The van der Waals surface area contributed by atoms with Gasteiger partial charge in [-0.1, -0.05) is 25.7 Å². The maximum Gasteiger partial charge on any atom is 0.336 e. The third-order valence-corrected chi connectivity index (χ3v) is 11.1. The number of aliphatic hydroxyl groups is 1. The summed E-state index contributed by atoms with van der Waals surface area (Å²) in [5, 5.41) is 11.1. The van der Waals surface area contributed by atoms with Crippen molar-refractivity contribution in [1.82, 2.24) is 0 Å². The summed E-state index contributed by atoms with van der Waals surface area (Å²) in [5.74, 6) is 1.54. The van der Waals surface area contributed by atoms with Crippen molar-refractivity contribution in [2.24, 2.45) is 40.4 Å². The van der Waals surface area contributed by atoms with Crippen LogP contribution in [-0.2, 0) is 19.1 Å². The van der Waals surface area contributed by atoms with Crippen LogP contribution in [0.4, 0.5) is 0 Å². The lowest BCUT2D eigenvalue weighted by molar-refractivity contribution is -0.201. The number of rotatable bonds is 1. The number of aliphatic hydroxyl groups excluding tert-OH is 1. The Kier molecular flexibility index (Phi) is 4.56. The maximum absolute atomic E-state index is 13.1. The van der Waals surface area contributed by atoms with Gasteiger partial charge in [0.05, 0.1) is 23.7 Å². The largest absolute Gasteiger partial charge is 0.458 e. The van der Waals surface area contributed by atoms with Crippen LogP contribution in [0.15, 0.2) is 36.0 Å². The van der Waals surface area contributed by atoms with Gasteiger partial charge in [-0.05, 0) is 86.7 Å². The summed E-state index contributed by atoms with van der Waals surface area (Å²) < 4.78 is 12.2. The summed E-state index contributed by atoms with van der Waals surface area (Å²) in [5.41, 5.74) is 0.281. The second-order valence-corrected chi connectivity index (χ2v) is 12.2. The fourth-order valence-corrected chi connectivity index (χ4v) is 9.16. The predicted octanol–water partition coefficient (Wildman–Crippen LogP) is 4.16. The van der Waals surface area contributed by atoms with E-state index >= 15 is 0 Å². The second-order valence-electron chi connectivity index (χ2n) is 12.2. The number of hydrogen-bond acceptors (Lipinski definition) is 5. The average molecular weight is 453 g/mol. The Labute approximate surface area is 196 Å². The molecule has 0 radical (unpaired) electrons. The third-order valence-electron chi connectivity index (χ3n) is 11.1. The lowest BCUT2D eigenvalue weighted by Gasteiger charge is -2.59. The fourth-order valence-electron chi connectivity index (χ4n) is 9.16. The van der Waals surface area contributed by atoms with Gasteiger partial charge in [-0.3, -0.25) is 4.79 Å². The number of ether oxygens (including phenoxy) is 2. The Bertz CT molecular complexity index is 994. The van der Waals surface area contributed by atoms with Crippen LogP contribution >= 0.6 is 0 Å². The summed E-state index contributed by atoms with van der Waals surface area (Å²) in [7, 11) is 0. The van der Waals surface area contributed by atoms with E-state index in [1.54, 1.807) is 12.2 Å². The molecule has 10 unspecified atom stereocenters. The molecular weight excluding hydrogens is 416 g/mol. The van der Waals surface area contributed by atoms with E-state index in [-0.39, 0.29) is 35.1 Å². The van der Waals surface area contributed by atoms with Crippen LogP contribution in [0.25, 0.3) is 0 Å². The zero-order chi connectivity index (χ0) is 23.3. The highest BCUT2D eigenvalue weighted by molar-refractivity contribution is 5.99. The second kappa shape index (κ2) is 6.91. The number of ketones is 1. The molecule has 0 amide bonds. The lowest BCUT2D eigenvalue weighted by atomic mass is 9.46. The van der Waals surface area contributed by atoms with Gasteiger partial charge in [0.15, 0.2) is 5.78 Å². The predicted molar refractivity (Wildman–Crippen MR) is 123 cm³/mol. The molecule has 0 aromatic heterocycles. The van der Waals surface area contributed by atoms with Crippen molar-refractivity contribution in [1.29, 1.82) is 0 Å². The van der Waals surface area contributed by atoms with Crippen LogP contribution in [0.5, 0.6) is 0 Å². The number of fused-ring (bicyclic) bond motifs is 7. The molecule has 0 aromatic carbocycles. The van der Waals surface area contributed by atoms with Gasteiger partial charge in [-0.15, -0.1) is 0 Å². The number of allylic oxidation sites excluding steroid dienone is 3. The maximum atomic E-state index is 13.1. The Morgan fingerprint density at radius 2 is 1.79 bits per heavy atom. The van der Waals surface area contributed by atoms with Crippen LogP contribution in [0.1, 0.15) is 59.3 Å². The molecule has 1 N–H and O–H groups in total.